The van der Waals surface area contributed by atoms with Crippen LogP contribution in [0.15, 0.2) is 18.2 Å². The van der Waals surface area contributed by atoms with Crippen molar-refractivity contribution < 1.29 is 22.9 Å². The maximum Gasteiger partial charge on any atom is 0.311 e. The van der Waals surface area contributed by atoms with Crippen molar-refractivity contribution in [1.82, 2.24) is 9.62 Å². The number of benzene rings is 1. The molecule has 0 aromatic heterocycles. The van der Waals surface area contributed by atoms with E-state index >= 15 is 0 Å². The molecule has 1 aliphatic rings. The fraction of sp³-hybridized carbons (Fsp3) is 0.533. The number of hydrogen-bond acceptors (Lipinski definition) is 6. The number of piperidine rings is 1. The molecule has 0 unspecified atom stereocenters. The summed E-state index contributed by atoms with van der Waals surface area (Å²) >= 11 is 0. The number of nitrogens with zero attached hydrogens (tertiary/aromatic N) is 2. The van der Waals surface area contributed by atoms with Gasteiger partial charge in [0, 0.05) is 30.8 Å². The van der Waals surface area contributed by atoms with Gasteiger partial charge in [-0.25, -0.2) is 12.7 Å². The molecule has 9 nitrogen and oxygen atoms in total. The SMILES string of the molecule is CCOc1ccc(C(=O)NC2CCN(S(C)(=O)=O)CC2)cc1[N+](=O)[O-]. The standard InChI is InChI=1S/C15H21N3O6S/c1-3-24-14-5-4-11(10-13(14)18(20)21)15(19)16-12-6-8-17(9-7-12)25(2,22)23/h4-5,10,12H,3,6-9H2,1-2H3,(H,16,19). The summed E-state index contributed by atoms with van der Waals surface area (Å²) in [6, 6.07) is 3.89. The van der Waals surface area contributed by atoms with Crippen LogP contribution in [0.1, 0.15) is 30.1 Å². The van der Waals surface area contributed by atoms with E-state index in [9.17, 15) is 23.3 Å². The van der Waals surface area contributed by atoms with E-state index in [0.29, 0.717) is 25.9 Å². The number of nitro benzene ring substituents is 1. The molecule has 0 saturated carbocycles. The lowest BCUT2D eigenvalue weighted by molar-refractivity contribution is -0.385. The lowest BCUT2D eigenvalue weighted by atomic mass is 10.1. The van der Waals surface area contributed by atoms with Gasteiger partial charge in [0.15, 0.2) is 5.75 Å². The Balaban J connectivity index is 2.04. The van der Waals surface area contributed by atoms with Gasteiger partial charge in [0.2, 0.25) is 10.0 Å². The van der Waals surface area contributed by atoms with E-state index in [1.165, 1.54) is 22.5 Å². The average molecular weight is 371 g/mol. The normalized spacial score (nSPS) is 16.4. The van der Waals surface area contributed by atoms with Crippen LogP contribution in [0.2, 0.25) is 0 Å². The van der Waals surface area contributed by atoms with Crippen LogP contribution < -0.4 is 10.1 Å². The molecule has 10 heteroatoms. The Kier molecular flexibility index (Phi) is 5.96. The van der Waals surface area contributed by atoms with Crippen LogP contribution in [-0.2, 0) is 10.0 Å². The van der Waals surface area contributed by atoms with Crippen molar-refractivity contribution in [3.63, 3.8) is 0 Å². The molecule has 1 fully saturated rings. The van der Waals surface area contributed by atoms with Crippen molar-refractivity contribution in [3.8, 4) is 5.75 Å². The first-order chi connectivity index (χ1) is 11.7. The molecule has 1 aliphatic heterocycles. The minimum absolute atomic E-state index is 0.116. The zero-order chi connectivity index (χ0) is 18.6. The fourth-order valence-electron chi connectivity index (χ4n) is 2.68. The van der Waals surface area contributed by atoms with Gasteiger partial charge < -0.3 is 10.1 Å². The largest absolute Gasteiger partial charge is 0.487 e. The van der Waals surface area contributed by atoms with Crippen molar-refractivity contribution in [1.29, 1.82) is 0 Å². The third kappa shape index (κ3) is 4.89. The van der Waals surface area contributed by atoms with E-state index in [0.717, 1.165) is 6.26 Å². The van der Waals surface area contributed by atoms with Crippen molar-refractivity contribution in [2.75, 3.05) is 26.0 Å². The Morgan fingerprint density at radius 1 is 1.40 bits per heavy atom. The van der Waals surface area contributed by atoms with E-state index in [-0.39, 0.29) is 29.6 Å². The molecular formula is C15H21N3O6S. The van der Waals surface area contributed by atoms with E-state index in [4.69, 9.17) is 4.74 Å². The van der Waals surface area contributed by atoms with Crippen molar-refractivity contribution in [2.24, 2.45) is 0 Å². The van der Waals surface area contributed by atoms with Gasteiger partial charge in [0.05, 0.1) is 17.8 Å². The highest BCUT2D eigenvalue weighted by Gasteiger charge is 2.26. The summed E-state index contributed by atoms with van der Waals surface area (Å²) in [6.45, 7) is 2.68. The van der Waals surface area contributed by atoms with Crippen LogP contribution in [0.25, 0.3) is 0 Å². The molecule has 0 spiro atoms. The summed E-state index contributed by atoms with van der Waals surface area (Å²) in [4.78, 5) is 22.9. The molecule has 0 atom stereocenters. The van der Waals surface area contributed by atoms with Crippen LogP contribution in [0.5, 0.6) is 5.75 Å². The Morgan fingerprint density at radius 2 is 2.04 bits per heavy atom. The van der Waals surface area contributed by atoms with Crippen molar-refractivity contribution >= 4 is 21.6 Å². The van der Waals surface area contributed by atoms with E-state index in [2.05, 4.69) is 5.32 Å². The zero-order valence-electron chi connectivity index (χ0n) is 14.1. The quantitative estimate of drug-likeness (QED) is 0.592. The van der Waals surface area contributed by atoms with Gasteiger partial charge >= 0.3 is 5.69 Å². The van der Waals surface area contributed by atoms with Gasteiger partial charge in [-0.1, -0.05) is 0 Å². The molecular weight excluding hydrogens is 350 g/mol. The molecule has 1 saturated heterocycles. The first-order valence-electron chi connectivity index (χ1n) is 7.89. The van der Waals surface area contributed by atoms with Gasteiger partial charge in [-0.15, -0.1) is 0 Å². The lowest BCUT2D eigenvalue weighted by Gasteiger charge is -2.30. The second kappa shape index (κ2) is 7.79. The summed E-state index contributed by atoms with van der Waals surface area (Å²) in [5, 5.41) is 13.9. The van der Waals surface area contributed by atoms with Gasteiger partial charge in [0.25, 0.3) is 5.91 Å². The second-order valence-corrected chi connectivity index (χ2v) is 7.76. The number of amides is 1. The minimum atomic E-state index is -3.22. The number of nitrogens with one attached hydrogen (secondary N) is 1. The number of ether oxygens (including phenoxy) is 1. The summed E-state index contributed by atoms with van der Waals surface area (Å²) in [5.74, 6) is -0.311. The third-order valence-electron chi connectivity index (χ3n) is 3.98. The first kappa shape index (κ1) is 19.1. The van der Waals surface area contributed by atoms with Gasteiger partial charge in [-0.05, 0) is 31.9 Å². The number of sulfonamides is 1. The summed E-state index contributed by atoms with van der Waals surface area (Å²) in [6.07, 6.45) is 2.15. The molecule has 0 aliphatic carbocycles. The molecule has 25 heavy (non-hydrogen) atoms. The molecule has 0 radical (unpaired) electrons. The average Bonchev–Trinajstić information content (AvgIpc) is 2.55. The predicted molar refractivity (Wildman–Crippen MR) is 91.2 cm³/mol. The van der Waals surface area contributed by atoms with Crippen LogP contribution >= 0.6 is 0 Å². The van der Waals surface area contributed by atoms with E-state index in [1.54, 1.807) is 6.92 Å². The smallest absolute Gasteiger partial charge is 0.311 e. The third-order valence-corrected chi connectivity index (χ3v) is 5.28. The maximum absolute atomic E-state index is 12.3. The molecule has 1 aromatic carbocycles. The van der Waals surface area contributed by atoms with Crippen LogP contribution in [-0.4, -0.2) is 55.5 Å². The summed E-state index contributed by atoms with van der Waals surface area (Å²) in [5.41, 5.74) is -0.0953. The van der Waals surface area contributed by atoms with Gasteiger partial charge in [-0.2, -0.15) is 0 Å². The predicted octanol–water partition coefficient (Wildman–Crippen LogP) is 1.15. The second-order valence-electron chi connectivity index (χ2n) is 5.78. The molecule has 1 N–H and O–H groups in total. The molecule has 1 heterocycles. The Hall–Kier alpha value is -2.20. The monoisotopic (exact) mass is 371 g/mol. The molecule has 1 amide bonds. The van der Waals surface area contributed by atoms with Crippen LogP contribution in [0.3, 0.4) is 0 Å². The molecule has 1 aromatic rings. The van der Waals surface area contributed by atoms with E-state index in [1.807, 2.05) is 0 Å². The fourth-order valence-corrected chi connectivity index (χ4v) is 3.55. The van der Waals surface area contributed by atoms with Crippen LogP contribution in [0, 0.1) is 10.1 Å². The van der Waals surface area contributed by atoms with Crippen LogP contribution in [0.4, 0.5) is 5.69 Å². The number of carbonyl (C=O) groups is 1. The minimum Gasteiger partial charge on any atom is -0.487 e. The topological polar surface area (TPSA) is 119 Å². The van der Waals surface area contributed by atoms with Gasteiger partial charge in [0.1, 0.15) is 0 Å². The highest BCUT2D eigenvalue weighted by atomic mass is 32.2. The highest BCUT2D eigenvalue weighted by Crippen LogP contribution is 2.28. The number of hydrogen-bond donors (Lipinski definition) is 1. The zero-order valence-corrected chi connectivity index (χ0v) is 14.9. The van der Waals surface area contributed by atoms with Crippen molar-refractivity contribution in [3.05, 3.63) is 33.9 Å². The summed E-state index contributed by atoms with van der Waals surface area (Å²) < 4.78 is 29.5. The van der Waals surface area contributed by atoms with E-state index < -0.39 is 20.9 Å². The number of rotatable bonds is 6. The lowest BCUT2D eigenvalue weighted by Crippen LogP contribution is -2.46. The first-order valence-corrected chi connectivity index (χ1v) is 9.74. The molecule has 0 bridgehead atoms. The number of carbonyl (C=O) groups excluding carboxylic acids is 1. The van der Waals surface area contributed by atoms with Crippen molar-refractivity contribution in [2.45, 2.75) is 25.8 Å². The highest BCUT2D eigenvalue weighted by molar-refractivity contribution is 7.88. The Morgan fingerprint density at radius 3 is 2.56 bits per heavy atom. The molecule has 138 valence electrons. The Labute approximate surface area is 146 Å². The van der Waals surface area contributed by atoms with Gasteiger partial charge in [-0.3, -0.25) is 14.9 Å². The number of nitro groups is 1. The Bertz CT molecular complexity index is 757. The molecule has 2 rings (SSSR count). The maximum atomic E-state index is 12.3. The summed E-state index contributed by atoms with van der Waals surface area (Å²) in [7, 11) is -3.22.